The van der Waals surface area contributed by atoms with E-state index in [1.807, 2.05) is 0 Å². The number of para-hydroxylation sites is 1. The highest BCUT2D eigenvalue weighted by atomic mass is 35.5. The Morgan fingerprint density at radius 1 is 1.15 bits per heavy atom. The van der Waals surface area contributed by atoms with Crippen LogP contribution in [0.5, 0.6) is 11.5 Å². The van der Waals surface area contributed by atoms with Gasteiger partial charge in [0.15, 0.2) is 24.1 Å². The molecule has 0 bridgehead atoms. The molecule has 4 rings (SSSR count). The van der Waals surface area contributed by atoms with Crippen molar-refractivity contribution >= 4 is 23.9 Å². The van der Waals surface area contributed by atoms with Crippen LogP contribution in [0.1, 0.15) is 24.0 Å². The summed E-state index contributed by atoms with van der Waals surface area (Å²) in [6, 6.07) is 8.58. The fraction of sp³-hybridized carbons (Fsp3) is 0.348. The zero-order chi connectivity index (χ0) is 23.8. The average molecular weight is 506 g/mol. The van der Waals surface area contributed by atoms with Gasteiger partial charge in [-0.1, -0.05) is 18.2 Å². The topological polar surface area (TPSA) is 59.0 Å². The number of rotatable bonds is 6. The van der Waals surface area contributed by atoms with Crippen LogP contribution in [0.2, 0.25) is 0 Å². The number of aliphatic carboxylic acids is 1. The van der Waals surface area contributed by atoms with Crippen molar-refractivity contribution in [2.75, 3.05) is 26.3 Å². The van der Waals surface area contributed by atoms with E-state index >= 15 is 0 Å². The van der Waals surface area contributed by atoms with E-state index < -0.39 is 41.7 Å². The van der Waals surface area contributed by atoms with Crippen molar-refractivity contribution < 1.29 is 41.3 Å². The second kappa shape index (κ2) is 9.79. The van der Waals surface area contributed by atoms with Crippen molar-refractivity contribution in [2.45, 2.75) is 24.6 Å². The molecule has 11 heteroatoms. The lowest BCUT2D eigenvalue weighted by Gasteiger charge is -2.42. The van der Waals surface area contributed by atoms with Crippen LogP contribution in [0, 0.1) is 11.6 Å². The first-order valence-electron chi connectivity index (χ1n) is 10.2. The number of piperidine rings is 1. The quantitative estimate of drug-likeness (QED) is 0.555. The van der Waals surface area contributed by atoms with Crippen molar-refractivity contribution in [1.29, 1.82) is 0 Å². The number of carbonyl (C=O) groups is 1. The molecule has 1 spiro atoms. The third kappa shape index (κ3) is 5.28. The zero-order valence-electron chi connectivity index (χ0n) is 17.7. The number of carboxylic acids is 1. The average Bonchev–Trinajstić information content (AvgIpc) is 2.77. The summed E-state index contributed by atoms with van der Waals surface area (Å²) in [5, 5.41) is 9.02. The highest BCUT2D eigenvalue weighted by Crippen LogP contribution is 2.44. The van der Waals surface area contributed by atoms with E-state index in [1.165, 1.54) is 0 Å². The van der Waals surface area contributed by atoms with E-state index in [4.69, 9.17) is 9.84 Å². The minimum Gasteiger partial charge on any atom is -0.482 e. The summed E-state index contributed by atoms with van der Waals surface area (Å²) in [6.07, 6.45) is -1.75. The molecule has 2 aliphatic rings. The molecule has 1 N–H and O–H groups in total. The molecular weight excluding hydrogens is 485 g/mol. The van der Waals surface area contributed by atoms with Gasteiger partial charge in [-0.3, -0.25) is 9.69 Å². The monoisotopic (exact) mass is 505 g/mol. The van der Waals surface area contributed by atoms with Crippen molar-refractivity contribution in [1.82, 2.24) is 4.90 Å². The van der Waals surface area contributed by atoms with Gasteiger partial charge in [0.25, 0.3) is 0 Å². The Balaban J connectivity index is 0.00000324. The first-order chi connectivity index (χ1) is 15.6. The number of ether oxygens (including phenoxy) is 2. The molecule has 2 aromatic rings. The van der Waals surface area contributed by atoms with E-state index in [1.54, 1.807) is 35.2 Å². The van der Waals surface area contributed by atoms with Crippen LogP contribution in [0.4, 0.5) is 22.0 Å². The minimum absolute atomic E-state index is 0. The molecule has 0 atom stereocenters. The predicted molar refractivity (Wildman–Crippen MR) is 115 cm³/mol. The first-order valence-corrected chi connectivity index (χ1v) is 10.2. The number of nitrogens with zero attached hydrogens (tertiary/aromatic N) is 1. The standard InChI is InChI=1S/C23H20F5NO4.ClH/c24-13-23(27,28)33-21-17(25)9-14(10-18(21)26)16-11-22(32-19-4-2-1-3-15(16)19)5-7-29(8-6-22)12-20(30)31;/h1-4,9-11H,5-8,12-13H2,(H,30,31);1H. The van der Waals surface area contributed by atoms with Gasteiger partial charge in [0.05, 0.1) is 6.54 Å². The maximum absolute atomic E-state index is 14.6. The molecule has 5 nitrogen and oxygen atoms in total. The van der Waals surface area contributed by atoms with Gasteiger partial charge in [0, 0.05) is 31.5 Å². The second-order valence-electron chi connectivity index (χ2n) is 8.03. The summed E-state index contributed by atoms with van der Waals surface area (Å²) < 4.78 is 78.1. The van der Waals surface area contributed by atoms with Gasteiger partial charge >= 0.3 is 12.1 Å². The number of hydrogen-bond donors (Lipinski definition) is 1. The summed E-state index contributed by atoms with van der Waals surface area (Å²) in [7, 11) is 0. The number of carboxylic acid groups (broad SMARTS) is 1. The van der Waals surface area contributed by atoms with Crippen LogP contribution in [0.15, 0.2) is 42.5 Å². The van der Waals surface area contributed by atoms with Crippen molar-refractivity contribution in [3.8, 4) is 11.5 Å². The molecule has 2 aliphatic heterocycles. The fourth-order valence-corrected chi connectivity index (χ4v) is 4.12. The molecule has 0 radical (unpaired) electrons. The third-order valence-electron chi connectivity index (χ3n) is 5.68. The maximum Gasteiger partial charge on any atom is 0.427 e. The molecule has 2 aromatic carbocycles. The zero-order valence-corrected chi connectivity index (χ0v) is 18.5. The Labute approximate surface area is 198 Å². The number of benzene rings is 2. The van der Waals surface area contributed by atoms with E-state index in [2.05, 4.69) is 4.74 Å². The highest BCUT2D eigenvalue weighted by Gasteiger charge is 2.40. The number of halogens is 6. The minimum atomic E-state index is -4.36. The Bertz CT molecular complexity index is 1080. The third-order valence-corrected chi connectivity index (χ3v) is 5.68. The number of hydrogen-bond acceptors (Lipinski definition) is 4. The van der Waals surface area contributed by atoms with Crippen LogP contribution in [0.3, 0.4) is 0 Å². The molecule has 184 valence electrons. The summed E-state index contributed by atoms with van der Waals surface area (Å²) >= 11 is 0. The van der Waals surface area contributed by atoms with Crippen LogP contribution in [-0.4, -0.2) is 54.0 Å². The summed E-state index contributed by atoms with van der Waals surface area (Å²) in [4.78, 5) is 12.8. The van der Waals surface area contributed by atoms with Gasteiger partial charge in [-0.15, -0.1) is 12.4 Å². The van der Waals surface area contributed by atoms with Gasteiger partial charge in [0.2, 0.25) is 0 Å². The van der Waals surface area contributed by atoms with Crippen LogP contribution >= 0.6 is 12.4 Å². The van der Waals surface area contributed by atoms with Crippen molar-refractivity contribution in [3.63, 3.8) is 0 Å². The summed E-state index contributed by atoms with van der Waals surface area (Å²) in [5.74, 6) is -4.61. The molecule has 0 saturated carbocycles. The van der Waals surface area contributed by atoms with E-state index in [0.29, 0.717) is 42.8 Å². The van der Waals surface area contributed by atoms with Gasteiger partial charge in [0.1, 0.15) is 11.4 Å². The summed E-state index contributed by atoms with van der Waals surface area (Å²) in [6.45, 7) is -1.46. The maximum atomic E-state index is 14.6. The van der Waals surface area contributed by atoms with Gasteiger partial charge in [-0.2, -0.15) is 8.78 Å². The number of alkyl halides is 3. The van der Waals surface area contributed by atoms with Gasteiger partial charge in [-0.25, -0.2) is 13.2 Å². The molecule has 0 unspecified atom stereocenters. The Hall–Kier alpha value is -2.85. The lowest BCUT2D eigenvalue weighted by molar-refractivity contribution is -0.189. The van der Waals surface area contributed by atoms with Crippen LogP contribution in [-0.2, 0) is 4.79 Å². The molecule has 1 saturated heterocycles. The molecule has 34 heavy (non-hydrogen) atoms. The highest BCUT2D eigenvalue weighted by molar-refractivity contribution is 5.85. The molecule has 0 aliphatic carbocycles. The molecule has 2 heterocycles. The Morgan fingerprint density at radius 3 is 2.35 bits per heavy atom. The lowest BCUT2D eigenvalue weighted by atomic mass is 9.83. The number of fused-ring (bicyclic) bond motifs is 1. The SMILES string of the molecule is Cl.O=C(O)CN1CCC2(C=C(c3cc(F)c(OC(F)(F)CF)c(F)c3)c3ccccc3O2)CC1. The Morgan fingerprint density at radius 2 is 1.76 bits per heavy atom. The summed E-state index contributed by atoms with van der Waals surface area (Å²) in [5.41, 5.74) is 0.231. The van der Waals surface area contributed by atoms with Crippen LogP contribution in [0.25, 0.3) is 5.57 Å². The van der Waals surface area contributed by atoms with Crippen LogP contribution < -0.4 is 9.47 Å². The lowest BCUT2D eigenvalue weighted by Crippen LogP contribution is -2.49. The second-order valence-corrected chi connectivity index (χ2v) is 8.03. The Kier molecular flexibility index (Phi) is 7.42. The normalized spacial score (nSPS) is 17.3. The largest absolute Gasteiger partial charge is 0.482 e. The molecular formula is C23H21ClF5NO4. The molecule has 1 fully saturated rings. The fourth-order valence-electron chi connectivity index (χ4n) is 4.12. The van der Waals surface area contributed by atoms with Crippen molar-refractivity contribution in [3.05, 3.63) is 65.2 Å². The van der Waals surface area contributed by atoms with Crippen molar-refractivity contribution in [2.24, 2.45) is 0 Å². The number of likely N-dealkylation sites (tertiary alicyclic amines) is 1. The smallest absolute Gasteiger partial charge is 0.427 e. The van der Waals surface area contributed by atoms with E-state index in [0.717, 1.165) is 12.1 Å². The molecule has 0 aromatic heterocycles. The van der Waals surface area contributed by atoms with E-state index in [-0.39, 0.29) is 24.5 Å². The van der Waals surface area contributed by atoms with Gasteiger partial charge < -0.3 is 14.6 Å². The van der Waals surface area contributed by atoms with Gasteiger partial charge in [-0.05, 0) is 35.4 Å². The first kappa shape index (κ1) is 25.8. The molecule has 0 amide bonds. The predicted octanol–water partition coefficient (Wildman–Crippen LogP) is 5.07. The van der Waals surface area contributed by atoms with E-state index in [9.17, 15) is 26.7 Å².